The van der Waals surface area contributed by atoms with Crippen LogP contribution in [0.3, 0.4) is 0 Å². The average Bonchev–Trinajstić information content (AvgIpc) is 2.50. The van der Waals surface area contributed by atoms with Gasteiger partial charge < -0.3 is 11.1 Å². The summed E-state index contributed by atoms with van der Waals surface area (Å²) < 4.78 is 61.1. The van der Waals surface area contributed by atoms with Gasteiger partial charge >= 0.3 is 6.18 Å². The number of carbonyl (C=O) groups excluding carboxylic acids is 1. The number of amides is 1. The Morgan fingerprint density at radius 3 is 2.44 bits per heavy atom. The Balaban J connectivity index is 0.00000364. The van der Waals surface area contributed by atoms with Crippen LogP contribution in [0.2, 0.25) is 0 Å². The van der Waals surface area contributed by atoms with Crippen molar-refractivity contribution >= 4 is 28.2 Å². The summed E-state index contributed by atoms with van der Waals surface area (Å²) in [7, 11) is -3.22. The lowest BCUT2D eigenvalue weighted by Gasteiger charge is -2.43. The molecule has 1 aliphatic carbocycles. The molecule has 0 aliphatic heterocycles. The number of benzene rings is 1. The molecule has 0 bridgehead atoms. The van der Waals surface area contributed by atoms with E-state index in [4.69, 9.17) is 5.73 Å². The van der Waals surface area contributed by atoms with E-state index in [-0.39, 0.29) is 31.1 Å². The lowest BCUT2D eigenvalue weighted by atomic mass is 9.64. The van der Waals surface area contributed by atoms with Crippen LogP contribution in [0, 0.1) is 0 Å². The van der Waals surface area contributed by atoms with Crippen LogP contribution in [0.5, 0.6) is 0 Å². The van der Waals surface area contributed by atoms with E-state index in [1.165, 1.54) is 6.07 Å². The Morgan fingerprint density at radius 1 is 1.33 bits per heavy atom. The predicted molar refractivity (Wildman–Crippen MR) is 99.5 cm³/mol. The molecule has 154 valence electrons. The van der Waals surface area contributed by atoms with Crippen molar-refractivity contribution in [2.45, 2.75) is 43.3 Å². The van der Waals surface area contributed by atoms with Crippen molar-refractivity contribution in [3.63, 3.8) is 0 Å². The predicted octanol–water partition coefficient (Wildman–Crippen LogP) is 2.43. The summed E-state index contributed by atoms with van der Waals surface area (Å²) >= 11 is 0. The molecule has 27 heavy (non-hydrogen) atoms. The number of carbonyl (C=O) groups is 1. The third-order valence-electron chi connectivity index (χ3n) is 4.85. The molecule has 0 aromatic heterocycles. The summed E-state index contributed by atoms with van der Waals surface area (Å²) in [5.41, 5.74) is 5.01. The van der Waals surface area contributed by atoms with Crippen LogP contribution >= 0.6 is 12.4 Å². The van der Waals surface area contributed by atoms with E-state index in [0.29, 0.717) is 18.4 Å². The zero-order valence-electron chi connectivity index (χ0n) is 14.9. The van der Waals surface area contributed by atoms with E-state index in [1.807, 2.05) is 0 Å². The number of hydrogen-bond donors (Lipinski definition) is 2. The van der Waals surface area contributed by atoms with E-state index >= 15 is 0 Å². The van der Waals surface area contributed by atoms with Crippen molar-refractivity contribution in [3.05, 3.63) is 35.4 Å². The molecule has 1 aromatic carbocycles. The quantitative estimate of drug-likeness (QED) is 0.698. The summed E-state index contributed by atoms with van der Waals surface area (Å²) in [5.74, 6) is -0.688. The minimum absolute atomic E-state index is 0. The van der Waals surface area contributed by atoms with Crippen LogP contribution in [-0.2, 0) is 26.2 Å². The van der Waals surface area contributed by atoms with Gasteiger partial charge in [0.05, 0.1) is 17.4 Å². The zero-order valence-corrected chi connectivity index (χ0v) is 16.5. The van der Waals surface area contributed by atoms with Gasteiger partial charge in [-0.15, -0.1) is 12.4 Å². The topological polar surface area (TPSA) is 89.3 Å². The van der Waals surface area contributed by atoms with E-state index in [2.05, 4.69) is 5.32 Å². The molecular weight excluding hydrogens is 405 g/mol. The van der Waals surface area contributed by atoms with Crippen molar-refractivity contribution in [2.75, 3.05) is 18.6 Å². The van der Waals surface area contributed by atoms with Gasteiger partial charge in [-0.2, -0.15) is 13.2 Å². The highest BCUT2D eigenvalue weighted by molar-refractivity contribution is 7.90. The van der Waals surface area contributed by atoms with E-state index in [9.17, 15) is 26.4 Å². The maximum atomic E-state index is 12.9. The number of nitrogens with one attached hydrogen (secondary N) is 1. The summed E-state index contributed by atoms with van der Waals surface area (Å²) in [5, 5.41) is 2.68. The molecule has 1 saturated carbocycles. The molecule has 0 heterocycles. The molecule has 0 saturated heterocycles. The van der Waals surface area contributed by atoms with Crippen LogP contribution in [0.15, 0.2) is 24.3 Å². The molecule has 1 aromatic rings. The first-order valence-corrected chi connectivity index (χ1v) is 10.4. The zero-order chi connectivity index (χ0) is 19.6. The Kier molecular flexibility index (Phi) is 7.72. The maximum Gasteiger partial charge on any atom is 0.416 e. The first-order valence-electron chi connectivity index (χ1n) is 8.32. The van der Waals surface area contributed by atoms with Gasteiger partial charge in [-0.1, -0.05) is 24.6 Å². The highest BCUT2D eigenvalue weighted by Crippen LogP contribution is 2.44. The lowest BCUT2D eigenvalue weighted by molar-refractivity contribution is -0.137. The first kappa shape index (κ1) is 23.7. The Hall–Kier alpha value is -1.32. The molecule has 1 unspecified atom stereocenters. The molecule has 1 atom stereocenters. The van der Waals surface area contributed by atoms with Crippen molar-refractivity contribution < 1.29 is 26.4 Å². The minimum atomic E-state index is -4.42. The first-order chi connectivity index (χ1) is 11.9. The van der Waals surface area contributed by atoms with Gasteiger partial charge in [-0.05, 0) is 30.9 Å². The summed E-state index contributed by atoms with van der Waals surface area (Å²) in [6.07, 6.45) is -1.14. The third kappa shape index (κ3) is 6.36. The second kappa shape index (κ2) is 8.79. The fourth-order valence-corrected chi connectivity index (χ4v) is 3.74. The fraction of sp³-hybridized carbons (Fsp3) is 0.588. The Labute approximate surface area is 163 Å². The van der Waals surface area contributed by atoms with Crippen molar-refractivity contribution in [1.29, 1.82) is 0 Å². The van der Waals surface area contributed by atoms with Gasteiger partial charge in [0.25, 0.3) is 0 Å². The maximum absolute atomic E-state index is 12.9. The average molecular weight is 429 g/mol. The molecule has 0 spiro atoms. The van der Waals surface area contributed by atoms with Crippen LogP contribution < -0.4 is 11.1 Å². The number of sulfone groups is 1. The fourth-order valence-electron chi connectivity index (χ4n) is 3.06. The molecule has 5 nitrogen and oxygen atoms in total. The van der Waals surface area contributed by atoms with Crippen LogP contribution in [0.4, 0.5) is 13.2 Å². The van der Waals surface area contributed by atoms with E-state index in [1.54, 1.807) is 6.07 Å². The van der Waals surface area contributed by atoms with Gasteiger partial charge in [0.1, 0.15) is 9.84 Å². The molecule has 1 fully saturated rings. The monoisotopic (exact) mass is 428 g/mol. The van der Waals surface area contributed by atoms with Crippen molar-refractivity contribution in [2.24, 2.45) is 5.73 Å². The van der Waals surface area contributed by atoms with Crippen LogP contribution in [0.1, 0.15) is 36.8 Å². The molecule has 1 aliphatic rings. The van der Waals surface area contributed by atoms with Crippen molar-refractivity contribution in [1.82, 2.24) is 5.32 Å². The normalized spacial score (nSPS) is 17.4. The number of hydrogen-bond acceptors (Lipinski definition) is 4. The Morgan fingerprint density at radius 2 is 1.96 bits per heavy atom. The summed E-state index contributed by atoms with van der Waals surface area (Å²) in [4.78, 5) is 12.1. The van der Waals surface area contributed by atoms with Gasteiger partial charge in [0, 0.05) is 18.2 Å². The number of rotatable bonds is 7. The highest BCUT2D eigenvalue weighted by Gasteiger charge is 2.40. The van der Waals surface area contributed by atoms with Gasteiger partial charge in [-0.25, -0.2) is 8.42 Å². The van der Waals surface area contributed by atoms with Gasteiger partial charge in [0.2, 0.25) is 5.91 Å². The van der Waals surface area contributed by atoms with Crippen molar-refractivity contribution in [3.8, 4) is 0 Å². The largest absolute Gasteiger partial charge is 0.416 e. The van der Waals surface area contributed by atoms with E-state index in [0.717, 1.165) is 24.8 Å². The summed E-state index contributed by atoms with van der Waals surface area (Å²) in [6, 6.07) is 4.20. The van der Waals surface area contributed by atoms with Crippen LogP contribution in [-0.4, -0.2) is 38.9 Å². The van der Waals surface area contributed by atoms with Gasteiger partial charge in [-0.3, -0.25) is 4.79 Å². The standard InChI is InChI=1S/C17H23F3N2O3S.ClH/c1-26(24,25)9-6-14(21)15(23)22-11-16(7-3-8-16)12-4-2-5-13(10-12)17(18,19)20;/h2,4-5,10,14H,3,6-9,11,21H2,1H3,(H,22,23);1H. The Bertz CT molecular complexity index is 765. The summed E-state index contributed by atoms with van der Waals surface area (Å²) in [6.45, 7) is 0.180. The molecule has 0 radical (unpaired) electrons. The minimum Gasteiger partial charge on any atom is -0.354 e. The second-order valence-electron chi connectivity index (χ2n) is 6.96. The molecule has 10 heteroatoms. The highest BCUT2D eigenvalue weighted by atomic mass is 35.5. The molecule has 1 amide bonds. The number of nitrogens with two attached hydrogens (primary N) is 1. The number of alkyl halides is 3. The second-order valence-corrected chi connectivity index (χ2v) is 9.22. The SMILES string of the molecule is CS(=O)(=O)CCC(N)C(=O)NCC1(c2cccc(C(F)(F)F)c2)CCC1.Cl. The molecule has 2 rings (SSSR count). The van der Waals surface area contributed by atoms with E-state index < -0.39 is 38.9 Å². The third-order valence-corrected chi connectivity index (χ3v) is 5.83. The lowest BCUT2D eigenvalue weighted by Crippen LogP contribution is -2.50. The number of halogens is 4. The molecule has 3 N–H and O–H groups in total. The smallest absolute Gasteiger partial charge is 0.354 e. The molecular formula is C17H24ClF3N2O3S. The van der Waals surface area contributed by atoms with Gasteiger partial charge in [0.15, 0.2) is 0 Å². The van der Waals surface area contributed by atoms with Crippen LogP contribution in [0.25, 0.3) is 0 Å².